The highest BCUT2D eigenvalue weighted by atomic mass is 16.1. The Labute approximate surface area is 74.0 Å². The van der Waals surface area contributed by atoms with Crippen molar-refractivity contribution < 1.29 is 4.79 Å². The van der Waals surface area contributed by atoms with Gasteiger partial charge in [0.2, 0.25) is 5.91 Å². The van der Waals surface area contributed by atoms with Crippen molar-refractivity contribution in [3.63, 3.8) is 0 Å². The van der Waals surface area contributed by atoms with Crippen molar-refractivity contribution in [3.8, 4) is 0 Å². The molecule has 1 rings (SSSR count). The number of carbonyl (C=O) groups excluding carboxylic acids is 1. The van der Waals surface area contributed by atoms with Gasteiger partial charge < -0.3 is 5.32 Å². The van der Waals surface area contributed by atoms with Crippen molar-refractivity contribution in [2.75, 3.05) is 0 Å². The minimum Gasteiger partial charge on any atom is -0.350 e. The molecule has 0 radical (unpaired) electrons. The van der Waals surface area contributed by atoms with Gasteiger partial charge >= 0.3 is 0 Å². The molecule has 0 spiro atoms. The average molecular weight is 167 g/mol. The van der Waals surface area contributed by atoms with E-state index in [4.69, 9.17) is 0 Å². The van der Waals surface area contributed by atoms with Crippen molar-refractivity contribution in [2.45, 2.75) is 39.7 Å². The van der Waals surface area contributed by atoms with Gasteiger partial charge in [-0.3, -0.25) is 4.79 Å². The monoisotopic (exact) mass is 167 g/mol. The average Bonchev–Trinajstić information content (AvgIpc) is 2.63. The molecule has 0 unspecified atom stereocenters. The van der Waals surface area contributed by atoms with Gasteiger partial charge in [0, 0.05) is 12.1 Å². The van der Waals surface area contributed by atoms with E-state index < -0.39 is 0 Å². The Morgan fingerprint density at radius 2 is 2.08 bits per heavy atom. The summed E-state index contributed by atoms with van der Waals surface area (Å²) in [4.78, 5) is 11.2. The normalized spacial score (nSPS) is 18.2. The Bertz CT molecular complexity index is 202. The third-order valence-electron chi connectivity index (χ3n) is 2.01. The number of nitrogens with one attached hydrogen (secondary N) is 1. The van der Waals surface area contributed by atoms with Crippen LogP contribution in [-0.4, -0.2) is 11.9 Å². The molecule has 1 fully saturated rings. The summed E-state index contributed by atoms with van der Waals surface area (Å²) >= 11 is 0. The summed E-state index contributed by atoms with van der Waals surface area (Å²) in [5.74, 6) is 0.748. The Morgan fingerprint density at radius 3 is 2.50 bits per heavy atom. The zero-order valence-corrected chi connectivity index (χ0v) is 8.05. The lowest BCUT2D eigenvalue weighted by Gasteiger charge is -2.05. The Kier molecular flexibility index (Phi) is 2.90. The summed E-state index contributed by atoms with van der Waals surface area (Å²) in [6.45, 7) is 5.98. The molecule has 1 amide bonds. The molecule has 0 heterocycles. The van der Waals surface area contributed by atoms with Crippen LogP contribution in [0.15, 0.2) is 11.6 Å². The first-order valence-electron chi connectivity index (χ1n) is 4.58. The van der Waals surface area contributed by atoms with Crippen LogP contribution in [0.3, 0.4) is 0 Å². The van der Waals surface area contributed by atoms with Crippen LogP contribution in [0.25, 0.3) is 0 Å². The van der Waals surface area contributed by atoms with Gasteiger partial charge in [-0.2, -0.15) is 0 Å². The predicted octanol–water partition coefficient (Wildman–Crippen LogP) is 1.87. The first kappa shape index (κ1) is 9.30. The number of carbonyl (C=O) groups is 1. The van der Waals surface area contributed by atoms with Crippen LogP contribution in [0.2, 0.25) is 0 Å². The molecule has 0 aliphatic heterocycles. The van der Waals surface area contributed by atoms with E-state index in [-0.39, 0.29) is 11.9 Å². The van der Waals surface area contributed by atoms with Crippen LogP contribution >= 0.6 is 0 Å². The maximum absolute atomic E-state index is 11.2. The molecule has 2 heteroatoms. The van der Waals surface area contributed by atoms with Crippen LogP contribution in [-0.2, 0) is 4.79 Å². The fraction of sp³-hybridized carbons (Fsp3) is 0.700. The third kappa shape index (κ3) is 3.07. The predicted molar refractivity (Wildman–Crippen MR) is 49.8 cm³/mol. The zero-order chi connectivity index (χ0) is 9.14. The minimum atomic E-state index is 0.0504. The summed E-state index contributed by atoms with van der Waals surface area (Å²) < 4.78 is 0. The number of rotatable bonds is 3. The Balaban J connectivity index is 2.37. The first-order chi connectivity index (χ1) is 5.59. The molecule has 2 nitrogen and oxygen atoms in total. The van der Waals surface area contributed by atoms with Crippen molar-refractivity contribution >= 4 is 5.91 Å². The molecule has 1 aliphatic carbocycles. The lowest BCUT2D eigenvalue weighted by atomic mass is 10.2. The van der Waals surface area contributed by atoms with Gasteiger partial charge in [0.15, 0.2) is 0 Å². The van der Waals surface area contributed by atoms with Crippen LogP contribution < -0.4 is 5.32 Å². The quantitative estimate of drug-likeness (QED) is 0.639. The highest BCUT2D eigenvalue weighted by Crippen LogP contribution is 2.35. The van der Waals surface area contributed by atoms with Gasteiger partial charge in [0.1, 0.15) is 0 Å². The van der Waals surface area contributed by atoms with Gasteiger partial charge in [-0.1, -0.05) is 5.57 Å². The zero-order valence-electron chi connectivity index (χ0n) is 8.05. The lowest BCUT2D eigenvalue weighted by molar-refractivity contribution is -0.117. The topological polar surface area (TPSA) is 29.1 Å². The van der Waals surface area contributed by atoms with Crippen LogP contribution in [0, 0.1) is 5.92 Å². The first-order valence-corrected chi connectivity index (χ1v) is 4.58. The van der Waals surface area contributed by atoms with Crippen LogP contribution in [0.1, 0.15) is 33.6 Å². The molecular weight excluding hydrogens is 150 g/mol. The van der Waals surface area contributed by atoms with Gasteiger partial charge in [-0.05, 0) is 39.5 Å². The molecule has 12 heavy (non-hydrogen) atoms. The van der Waals surface area contributed by atoms with E-state index in [1.807, 2.05) is 20.8 Å². The molecular formula is C10H17NO. The highest BCUT2D eigenvalue weighted by Gasteiger charge is 2.23. The summed E-state index contributed by atoms with van der Waals surface area (Å²) in [6.07, 6.45) is 4.26. The summed E-state index contributed by atoms with van der Waals surface area (Å²) in [5.41, 5.74) is 1.23. The minimum absolute atomic E-state index is 0.0504. The standard InChI is InChI=1S/C10H17NO/c1-7(2)11-10(12)6-8(3)9-4-5-9/h6-7,9H,4-5H2,1-3H3,(H,11,12). The third-order valence-corrected chi connectivity index (χ3v) is 2.01. The van der Waals surface area contributed by atoms with Crippen molar-refractivity contribution in [1.29, 1.82) is 0 Å². The Hall–Kier alpha value is -0.790. The van der Waals surface area contributed by atoms with Gasteiger partial charge in [-0.15, -0.1) is 0 Å². The number of amides is 1. The van der Waals surface area contributed by atoms with Crippen molar-refractivity contribution in [3.05, 3.63) is 11.6 Å². The van der Waals surface area contributed by atoms with E-state index in [9.17, 15) is 4.79 Å². The fourth-order valence-electron chi connectivity index (χ4n) is 1.19. The second-order valence-electron chi connectivity index (χ2n) is 3.83. The van der Waals surface area contributed by atoms with E-state index in [0.717, 1.165) is 0 Å². The second-order valence-corrected chi connectivity index (χ2v) is 3.83. The van der Waals surface area contributed by atoms with Crippen molar-refractivity contribution in [2.24, 2.45) is 5.92 Å². The fourth-order valence-corrected chi connectivity index (χ4v) is 1.19. The van der Waals surface area contributed by atoms with Gasteiger partial charge in [-0.25, -0.2) is 0 Å². The smallest absolute Gasteiger partial charge is 0.244 e. The molecule has 0 bridgehead atoms. The van der Waals surface area contributed by atoms with E-state index in [1.54, 1.807) is 6.08 Å². The summed E-state index contributed by atoms with van der Waals surface area (Å²) in [7, 11) is 0. The number of hydrogen-bond donors (Lipinski definition) is 1. The number of hydrogen-bond acceptors (Lipinski definition) is 1. The molecule has 0 aromatic rings. The van der Waals surface area contributed by atoms with E-state index in [2.05, 4.69) is 5.32 Å². The van der Waals surface area contributed by atoms with E-state index in [0.29, 0.717) is 5.92 Å². The Morgan fingerprint density at radius 1 is 1.50 bits per heavy atom. The maximum Gasteiger partial charge on any atom is 0.244 e. The largest absolute Gasteiger partial charge is 0.350 e. The summed E-state index contributed by atoms with van der Waals surface area (Å²) in [5, 5.41) is 2.84. The molecule has 0 atom stereocenters. The second kappa shape index (κ2) is 3.74. The molecule has 68 valence electrons. The van der Waals surface area contributed by atoms with Gasteiger partial charge in [0.05, 0.1) is 0 Å². The van der Waals surface area contributed by atoms with E-state index >= 15 is 0 Å². The van der Waals surface area contributed by atoms with Crippen LogP contribution in [0.4, 0.5) is 0 Å². The lowest BCUT2D eigenvalue weighted by Crippen LogP contribution is -2.28. The number of allylic oxidation sites excluding steroid dienone is 1. The molecule has 0 aromatic heterocycles. The SMILES string of the molecule is CC(=CC(=O)NC(C)C)C1CC1. The van der Waals surface area contributed by atoms with Gasteiger partial charge in [0.25, 0.3) is 0 Å². The molecule has 0 aromatic carbocycles. The molecule has 1 saturated carbocycles. The van der Waals surface area contributed by atoms with E-state index in [1.165, 1.54) is 18.4 Å². The summed E-state index contributed by atoms with van der Waals surface area (Å²) in [6, 6.07) is 0.237. The molecule has 1 N–H and O–H groups in total. The molecule has 0 saturated heterocycles. The van der Waals surface area contributed by atoms with Crippen molar-refractivity contribution in [1.82, 2.24) is 5.32 Å². The molecule has 1 aliphatic rings. The van der Waals surface area contributed by atoms with Crippen LogP contribution in [0.5, 0.6) is 0 Å². The highest BCUT2D eigenvalue weighted by molar-refractivity contribution is 5.88. The maximum atomic E-state index is 11.2.